The van der Waals surface area contributed by atoms with Crippen LogP contribution in [0.25, 0.3) is 22.2 Å². The van der Waals surface area contributed by atoms with Gasteiger partial charge in [0.15, 0.2) is 5.65 Å². The molecule has 1 atom stereocenters. The van der Waals surface area contributed by atoms with E-state index in [0.717, 1.165) is 28.0 Å². The number of fused-ring (bicyclic) bond motifs is 1. The van der Waals surface area contributed by atoms with Gasteiger partial charge in [0.1, 0.15) is 12.1 Å². The van der Waals surface area contributed by atoms with Crippen molar-refractivity contribution in [1.29, 1.82) is 0 Å². The van der Waals surface area contributed by atoms with Crippen molar-refractivity contribution in [2.75, 3.05) is 5.32 Å². The molecule has 4 rings (SSSR count). The van der Waals surface area contributed by atoms with Crippen molar-refractivity contribution in [2.45, 2.75) is 13.0 Å². The van der Waals surface area contributed by atoms with Gasteiger partial charge in [-0.15, -0.1) is 0 Å². The van der Waals surface area contributed by atoms with E-state index in [4.69, 9.17) is 0 Å². The lowest BCUT2D eigenvalue weighted by molar-refractivity contribution is 0.876. The molecule has 1 aromatic carbocycles. The molecular weight excluding hydrogens is 300 g/mol. The molecule has 3 heterocycles. The summed E-state index contributed by atoms with van der Waals surface area (Å²) in [7, 11) is 0. The van der Waals surface area contributed by atoms with Crippen molar-refractivity contribution in [3.8, 4) is 11.1 Å². The number of nitrogens with one attached hydrogen (secondary N) is 2. The zero-order chi connectivity index (χ0) is 16.4. The van der Waals surface area contributed by atoms with E-state index < -0.39 is 0 Å². The number of H-pyrrole nitrogens is 1. The molecule has 6 nitrogen and oxygen atoms in total. The third-order valence-corrected chi connectivity index (χ3v) is 4.01. The molecule has 24 heavy (non-hydrogen) atoms. The Bertz CT molecular complexity index is 946. The SMILES string of the molecule is C[C@@H](Nc1ncnc2[nH]ncc12)c1ccc(-c2cccnc2)cc1. The zero-order valence-electron chi connectivity index (χ0n) is 13.1. The first-order valence-electron chi connectivity index (χ1n) is 7.72. The molecule has 0 aliphatic rings. The highest BCUT2D eigenvalue weighted by Crippen LogP contribution is 2.25. The first kappa shape index (κ1) is 14.3. The molecule has 0 fully saturated rings. The van der Waals surface area contributed by atoms with Crippen LogP contribution in [0.15, 0.2) is 61.3 Å². The predicted octanol–water partition coefficient (Wildman–Crippen LogP) is 3.59. The molecule has 4 aromatic rings. The van der Waals surface area contributed by atoms with E-state index >= 15 is 0 Å². The minimum atomic E-state index is 0.112. The Morgan fingerprint density at radius 2 is 1.88 bits per heavy atom. The van der Waals surface area contributed by atoms with Crippen LogP contribution in [0.2, 0.25) is 0 Å². The van der Waals surface area contributed by atoms with Crippen molar-refractivity contribution < 1.29 is 0 Å². The zero-order valence-corrected chi connectivity index (χ0v) is 13.1. The molecule has 6 heteroatoms. The maximum atomic E-state index is 4.32. The fourth-order valence-corrected chi connectivity index (χ4v) is 2.67. The van der Waals surface area contributed by atoms with Gasteiger partial charge in [-0.05, 0) is 29.7 Å². The minimum Gasteiger partial charge on any atom is -0.363 e. The standard InChI is InChI=1S/C18H16N6/c1-12(23-17-16-10-22-24-18(16)21-11-20-17)13-4-6-14(7-5-13)15-3-2-8-19-9-15/h2-12H,1H3,(H2,20,21,22,23,24)/t12-/m1/s1. The third kappa shape index (κ3) is 2.69. The summed E-state index contributed by atoms with van der Waals surface area (Å²) in [6.45, 7) is 2.10. The highest BCUT2D eigenvalue weighted by Gasteiger charge is 2.10. The molecule has 0 aliphatic heterocycles. The van der Waals surface area contributed by atoms with Crippen LogP contribution in [-0.4, -0.2) is 25.1 Å². The van der Waals surface area contributed by atoms with Gasteiger partial charge in [0.2, 0.25) is 0 Å². The summed E-state index contributed by atoms with van der Waals surface area (Å²) >= 11 is 0. The van der Waals surface area contributed by atoms with Crippen LogP contribution >= 0.6 is 0 Å². The van der Waals surface area contributed by atoms with Gasteiger partial charge in [-0.1, -0.05) is 30.3 Å². The van der Waals surface area contributed by atoms with Crippen molar-refractivity contribution >= 4 is 16.9 Å². The van der Waals surface area contributed by atoms with Crippen molar-refractivity contribution in [3.63, 3.8) is 0 Å². The van der Waals surface area contributed by atoms with Crippen molar-refractivity contribution in [3.05, 3.63) is 66.9 Å². The highest BCUT2D eigenvalue weighted by molar-refractivity contribution is 5.85. The number of pyridine rings is 1. The second-order valence-corrected chi connectivity index (χ2v) is 5.58. The lowest BCUT2D eigenvalue weighted by atomic mass is 10.0. The largest absolute Gasteiger partial charge is 0.363 e. The summed E-state index contributed by atoms with van der Waals surface area (Å²) in [4.78, 5) is 12.6. The van der Waals surface area contributed by atoms with Gasteiger partial charge in [-0.25, -0.2) is 9.97 Å². The summed E-state index contributed by atoms with van der Waals surface area (Å²) in [5, 5.41) is 11.2. The smallest absolute Gasteiger partial charge is 0.160 e. The summed E-state index contributed by atoms with van der Waals surface area (Å²) < 4.78 is 0. The summed E-state index contributed by atoms with van der Waals surface area (Å²) in [6.07, 6.45) is 6.91. The molecule has 0 bridgehead atoms. The average Bonchev–Trinajstić information content (AvgIpc) is 3.12. The quantitative estimate of drug-likeness (QED) is 0.601. The fraction of sp³-hybridized carbons (Fsp3) is 0.111. The van der Waals surface area contributed by atoms with E-state index in [-0.39, 0.29) is 6.04 Å². The normalized spacial score (nSPS) is 12.2. The monoisotopic (exact) mass is 316 g/mol. The highest BCUT2D eigenvalue weighted by atomic mass is 15.2. The van der Waals surface area contributed by atoms with Crippen molar-refractivity contribution in [2.24, 2.45) is 0 Å². The molecule has 0 unspecified atom stereocenters. The van der Waals surface area contributed by atoms with Crippen LogP contribution < -0.4 is 5.32 Å². The van der Waals surface area contributed by atoms with E-state index in [1.165, 1.54) is 11.9 Å². The molecule has 0 saturated heterocycles. The molecular formula is C18H16N6. The lowest BCUT2D eigenvalue weighted by Gasteiger charge is -2.15. The van der Waals surface area contributed by atoms with E-state index in [2.05, 4.69) is 67.7 Å². The Kier molecular flexibility index (Phi) is 3.63. The molecule has 3 aromatic heterocycles. The number of aromatic amines is 1. The van der Waals surface area contributed by atoms with Crippen LogP contribution in [0.1, 0.15) is 18.5 Å². The lowest BCUT2D eigenvalue weighted by Crippen LogP contribution is -2.08. The summed E-state index contributed by atoms with van der Waals surface area (Å²) in [5.41, 5.74) is 4.17. The number of anilines is 1. The maximum Gasteiger partial charge on any atom is 0.160 e. The fourth-order valence-electron chi connectivity index (χ4n) is 2.67. The van der Waals surface area contributed by atoms with Crippen molar-refractivity contribution in [1.82, 2.24) is 25.1 Å². The van der Waals surface area contributed by atoms with Crippen LogP contribution in [0.3, 0.4) is 0 Å². The van der Waals surface area contributed by atoms with E-state index in [9.17, 15) is 0 Å². The molecule has 0 radical (unpaired) electrons. The first-order chi connectivity index (χ1) is 11.8. The number of benzene rings is 1. The maximum absolute atomic E-state index is 4.32. The number of hydrogen-bond acceptors (Lipinski definition) is 5. The molecule has 118 valence electrons. The number of nitrogens with zero attached hydrogens (tertiary/aromatic N) is 4. The topological polar surface area (TPSA) is 79.4 Å². The Morgan fingerprint density at radius 3 is 2.67 bits per heavy atom. The molecule has 0 spiro atoms. The molecule has 0 aliphatic carbocycles. The Hall–Kier alpha value is -3.28. The first-order valence-corrected chi connectivity index (χ1v) is 7.72. The average molecular weight is 316 g/mol. The number of hydrogen-bond donors (Lipinski definition) is 2. The van der Waals surface area contributed by atoms with Gasteiger partial charge in [0.05, 0.1) is 11.6 Å². The summed E-state index contributed by atoms with van der Waals surface area (Å²) in [6, 6.07) is 12.6. The Balaban J connectivity index is 1.56. The Labute approximate surface area is 139 Å². The van der Waals surface area contributed by atoms with E-state index in [1.54, 1.807) is 12.4 Å². The van der Waals surface area contributed by atoms with Crippen LogP contribution in [0, 0.1) is 0 Å². The van der Waals surface area contributed by atoms with Crippen LogP contribution in [0.4, 0.5) is 5.82 Å². The Morgan fingerprint density at radius 1 is 1.00 bits per heavy atom. The van der Waals surface area contributed by atoms with Gasteiger partial charge < -0.3 is 5.32 Å². The van der Waals surface area contributed by atoms with Crippen LogP contribution in [0.5, 0.6) is 0 Å². The number of rotatable bonds is 4. The number of aromatic nitrogens is 5. The molecule has 2 N–H and O–H groups in total. The molecule has 0 saturated carbocycles. The van der Waals surface area contributed by atoms with Gasteiger partial charge >= 0.3 is 0 Å². The van der Waals surface area contributed by atoms with Gasteiger partial charge in [-0.3, -0.25) is 10.1 Å². The summed E-state index contributed by atoms with van der Waals surface area (Å²) in [5.74, 6) is 0.776. The minimum absolute atomic E-state index is 0.112. The van der Waals surface area contributed by atoms with Gasteiger partial charge in [-0.2, -0.15) is 5.10 Å². The van der Waals surface area contributed by atoms with E-state index in [0.29, 0.717) is 0 Å². The molecule has 0 amide bonds. The van der Waals surface area contributed by atoms with Crippen LogP contribution in [-0.2, 0) is 0 Å². The third-order valence-electron chi connectivity index (χ3n) is 4.01. The van der Waals surface area contributed by atoms with E-state index in [1.807, 2.05) is 12.3 Å². The predicted molar refractivity (Wildman–Crippen MR) is 93.4 cm³/mol. The second-order valence-electron chi connectivity index (χ2n) is 5.58. The van der Waals surface area contributed by atoms with Gasteiger partial charge in [0.25, 0.3) is 0 Å². The second kappa shape index (κ2) is 6.08. The van der Waals surface area contributed by atoms with Gasteiger partial charge in [0, 0.05) is 18.4 Å².